The number of anilines is 1. The summed E-state index contributed by atoms with van der Waals surface area (Å²) in [6, 6.07) is 15.6. The average molecular weight is 370 g/mol. The van der Waals surface area contributed by atoms with Gasteiger partial charge in [0.25, 0.3) is 5.69 Å². The summed E-state index contributed by atoms with van der Waals surface area (Å²) < 4.78 is 5.16. The summed E-state index contributed by atoms with van der Waals surface area (Å²) in [6.45, 7) is 0.364. The third kappa shape index (κ3) is 7.68. The maximum Gasteiger partial charge on any atom is 0.305 e. The molecule has 0 heterocycles. The van der Waals surface area contributed by atoms with Crippen molar-refractivity contribution in [3.05, 3.63) is 70.3 Å². The predicted molar refractivity (Wildman–Crippen MR) is 101 cm³/mol. The van der Waals surface area contributed by atoms with Crippen molar-refractivity contribution in [1.29, 1.82) is 0 Å². The van der Waals surface area contributed by atoms with Gasteiger partial charge in [0, 0.05) is 30.7 Å². The van der Waals surface area contributed by atoms with Gasteiger partial charge in [0.1, 0.15) is 0 Å². The number of ether oxygens (including phenoxy) is 1. The maximum atomic E-state index is 11.8. The van der Waals surface area contributed by atoms with Gasteiger partial charge in [-0.1, -0.05) is 30.3 Å². The van der Waals surface area contributed by atoms with Crippen molar-refractivity contribution < 1.29 is 19.2 Å². The van der Waals surface area contributed by atoms with Crippen molar-refractivity contribution in [3.8, 4) is 0 Å². The minimum Gasteiger partial charge on any atom is -0.466 e. The Kier molecular flexibility index (Phi) is 7.96. The normalized spacial score (nSPS) is 10.2. The zero-order chi connectivity index (χ0) is 19.5. The number of nitrogens with one attached hydrogen (secondary N) is 1. The Morgan fingerprint density at radius 2 is 1.67 bits per heavy atom. The lowest BCUT2D eigenvalue weighted by Crippen LogP contribution is -2.13. The molecule has 7 nitrogen and oxygen atoms in total. The second-order valence-electron chi connectivity index (χ2n) is 6.02. The van der Waals surface area contributed by atoms with Crippen molar-refractivity contribution in [2.45, 2.75) is 32.1 Å². The molecule has 7 heteroatoms. The molecule has 0 aliphatic rings. The van der Waals surface area contributed by atoms with Crippen LogP contribution in [-0.4, -0.2) is 23.4 Å². The number of hydrogen-bond acceptors (Lipinski definition) is 5. The van der Waals surface area contributed by atoms with Crippen LogP contribution in [0.5, 0.6) is 0 Å². The van der Waals surface area contributed by atoms with Gasteiger partial charge in [0.2, 0.25) is 5.91 Å². The fraction of sp³-hybridized carbons (Fsp3) is 0.300. The number of nitro benzene ring substituents is 1. The van der Waals surface area contributed by atoms with Crippen LogP contribution in [-0.2, 0) is 20.7 Å². The molecule has 0 unspecified atom stereocenters. The second kappa shape index (κ2) is 10.7. The number of benzene rings is 2. The number of esters is 1. The molecule has 0 atom stereocenters. The van der Waals surface area contributed by atoms with E-state index in [1.54, 1.807) is 0 Å². The number of hydrogen-bond donors (Lipinski definition) is 1. The molecule has 0 aromatic heterocycles. The molecule has 2 rings (SSSR count). The standard InChI is InChI=1S/C20H22N2O5/c23-19(21-17-11-13-18(14-12-17)22(25)26)9-4-10-20(24)27-15-5-8-16-6-2-1-3-7-16/h1-3,6-7,11-14H,4-5,8-10,15H2,(H,21,23). The smallest absolute Gasteiger partial charge is 0.305 e. The average Bonchev–Trinajstić information content (AvgIpc) is 2.66. The van der Waals surface area contributed by atoms with Gasteiger partial charge in [0.05, 0.1) is 11.5 Å². The molecule has 0 aliphatic heterocycles. The summed E-state index contributed by atoms with van der Waals surface area (Å²) >= 11 is 0. The van der Waals surface area contributed by atoms with E-state index in [4.69, 9.17) is 4.74 Å². The topological polar surface area (TPSA) is 98.5 Å². The molecule has 142 valence electrons. The monoisotopic (exact) mass is 370 g/mol. The van der Waals surface area contributed by atoms with Crippen LogP contribution in [0.4, 0.5) is 11.4 Å². The lowest BCUT2D eigenvalue weighted by atomic mass is 10.1. The molecule has 0 bridgehead atoms. The van der Waals surface area contributed by atoms with Crippen LogP contribution < -0.4 is 5.32 Å². The van der Waals surface area contributed by atoms with E-state index < -0.39 is 4.92 Å². The van der Waals surface area contributed by atoms with Crippen LogP contribution in [0.3, 0.4) is 0 Å². The third-order valence-electron chi connectivity index (χ3n) is 3.86. The van der Waals surface area contributed by atoms with Crippen LogP contribution in [0.1, 0.15) is 31.2 Å². The Morgan fingerprint density at radius 3 is 2.33 bits per heavy atom. The molecule has 0 aliphatic carbocycles. The fourth-order valence-corrected chi connectivity index (χ4v) is 2.46. The number of non-ortho nitro benzene ring substituents is 1. The van der Waals surface area contributed by atoms with Gasteiger partial charge in [-0.3, -0.25) is 19.7 Å². The van der Waals surface area contributed by atoms with Crippen LogP contribution >= 0.6 is 0 Å². The van der Waals surface area contributed by atoms with Crippen LogP contribution in [0.25, 0.3) is 0 Å². The highest BCUT2D eigenvalue weighted by atomic mass is 16.6. The Balaban J connectivity index is 1.57. The van der Waals surface area contributed by atoms with E-state index in [9.17, 15) is 19.7 Å². The highest BCUT2D eigenvalue weighted by molar-refractivity contribution is 5.91. The quantitative estimate of drug-likeness (QED) is 0.296. The molecule has 2 aromatic carbocycles. The third-order valence-corrected chi connectivity index (χ3v) is 3.86. The summed E-state index contributed by atoms with van der Waals surface area (Å²) in [6.07, 6.45) is 2.35. The number of nitro groups is 1. The predicted octanol–water partition coefficient (Wildman–Crippen LogP) is 3.88. The van der Waals surface area contributed by atoms with Gasteiger partial charge in [-0.2, -0.15) is 0 Å². The van der Waals surface area contributed by atoms with Crippen LogP contribution in [0, 0.1) is 10.1 Å². The van der Waals surface area contributed by atoms with Gasteiger partial charge >= 0.3 is 5.97 Å². The zero-order valence-corrected chi connectivity index (χ0v) is 14.9. The van der Waals surface area contributed by atoms with E-state index in [-0.39, 0.29) is 30.4 Å². The summed E-state index contributed by atoms with van der Waals surface area (Å²) in [5.74, 6) is -0.563. The first kappa shape index (κ1) is 20.1. The lowest BCUT2D eigenvalue weighted by molar-refractivity contribution is -0.384. The Labute approximate surface area is 157 Å². The van der Waals surface area contributed by atoms with E-state index in [1.807, 2.05) is 30.3 Å². The summed E-state index contributed by atoms with van der Waals surface area (Å²) in [7, 11) is 0. The van der Waals surface area contributed by atoms with Crippen molar-refractivity contribution in [2.24, 2.45) is 0 Å². The van der Waals surface area contributed by atoms with Crippen LogP contribution in [0.15, 0.2) is 54.6 Å². The highest BCUT2D eigenvalue weighted by Crippen LogP contribution is 2.15. The first-order chi connectivity index (χ1) is 13.0. The van der Waals surface area contributed by atoms with E-state index in [2.05, 4.69) is 5.32 Å². The Hall–Kier alpha value is -3.22. The van der Waals surface area contributed by atoms with Crippen molar-refractivity contribution in [2.75, 3.05) is 11.9 Å². The van der Waals surface area contributed by atoms with Gasteiger partial charge in [-0.15, -0.1) is 0 Å². The number of carbonyl (C=O) groups is 2. The first-order valence-corrected chi connectivity index (χ1v) is 8.78. The fourth-order valence-electron chi connectivity index (χ4n) is 2.46. The number of nitrogens with zero attached hydrogens (tertiary/aromatic N) is 1. The Bertz CT molecular complexity index is 760. The number of amides is 1. The summed E-state index contributed by atoms with van der Waals surface area (Å²) in [5.41, 5.74) is 1.65. The SMILES string of the molecule is O=C(CCCC(=O)OCCCc1ccccc1)Nc1ccc([N+](=O)[O-])cc1. The summed E-state index contributed by atoms with van der Waals surface area (Å²) in [5, 5.41) is 13.2. The van der Waals surface area contributed by atoms with Crippen LogP contribution in [0.2, 0.25) is 0 Å². The van der Waals surface area contributed by atoms with E-state index >= 15 is 0 Å². The molecule has 1 amide bonds. The van der Waals surface area contributed by atoms with Gasteiger partial charge in [0.15, 0.2) is 0 Å². The summed E-state index contributed by atoms with van der Waals surface area (Å²) in [4.78, 5) is 33.6. The molecule has 0 radical (unpaired) electrons. The second-order valence-corrected chi connectivity index (χ2v) is 6.02. The number of rotatable bonds is 10. The first-order valence-electron chi connectivity index (χ1n) is 8.78. The zero-order valence-electron chi connectivity index (χ0n) is 14.9. The van der Waals surface area contributed by atoms with Gasteiger partial charge < -0.3 is 10.1 Å². The molecule has 0 spiro atoms. The highest BCUT2D eigenvalue weighted by Gasteiger charge is 2.08. The molecule has 0 saturated carbocycles. The minimum absolute atomic E-state index is 0.0389. The van der Waals surface area contributed by atoms with E-state index in [1.165, 1.54) is 29.8 Å². The Morgan fingerprint density at radius 1 is 0.963 bits per heavy atom. The van der Waals surface area contributed by atoms with Crippen molar-refractivity contribution in [1.82, 2.24) is 0 Å². The largest absolute Gasteiger partial charge is 0.466 e. The van der Waals surface area contributed by atoms with E-state index in [0.29, 0.717) is 18.7 Å². The molecular formula is C20H22N2O5. The van der Waals surface area contributed by atoms with Gasteiger partial charge in [-0.25, -0.2) is 0 Å². The van der Waals surface area contributed by atoms with Crippen molar-refractivity contribution in [3.63, 3.8) is 0 Å². The molecule has 27 heavy (non-hydrogen) atoms. The lowest BCUT2D eigenvalue weighted by Gasteiger charge is -2.06. The van der Waals surface area contributed by atoms with Gasteiger partial charge in [-0.05, 0) is 37.0 Å². The molecule has 1 N–H and O–H groups in total. The van der Waals surface area contributed by atoms with Crippen molar-refractivity contribution >= 4 is 23.3 Å². The van der Waals surface area contributed by atoms with E-state index in [0.717, 1.165) is 12.8 Å². The minimum atomic E-state index is -0.503. The maximum absolute atomic E-state index is 11.8. The molecule has 0 fully saturated rings. The number of carbonyl (C=O) groups excluding carboxylic acids is 2. The molecule has 0 saturated heterocycles. The molecular weight excluding hydrogens is 348 g/mol. The number of aryl methyl sites for hydroxylation is 1. The molecule has 2 aromatic rings.